The summed E-state index contributed by atoms with van der Waals surface area (Å²) in [6.45, 7) is 0. The quantitative estimate of drug-likeness (QED) is 0.892. The maximum Gasteiger partial charge on any atom is 0.306 e. The van der Waals surface area contributed by atoms with Gasteiger partial charge in [-0.25, -0.2) is 0 Å². The minimum atomic E-state index is -0.619. The summed E-state index contributed by atoms with van der Waals surface area (Å²) in [5.41, 5.74) is 1.47. The van der Waals surface area contributed by atoms with E-state index in [9.17, 15) is 4.79 Å². The van der Waals surface area contributed by atoms with Gasteiger partial charge in [-0.05, 0) is 55.5 Å². The molecule has 2 aliphatic rings. The van der Waals surface area contributed by atoms with Crippen molar-refractivity contribution in [1.29, 1.82) is 0 Å². The number of fused-ring (bicyclic) bond motifs is 1. The molecule has 1 saturated carbocycles. The SMILES string of the molecule is O=C(O)C1CCCC(NC2CCCc3sccc32)C1. The number of carboxylic acid groups (broad SMARTS) is 1. The number of thiophene rings is 1. The van der Waals surface area contributed by atoms with Crippen LogP contribution in [0.4, 0.5) is 0 Å². The Morgan fingerprint density at radius 3 is 3.05 bits per heavy atom. The predicted octanol–water partition coefficient (Wildman–Crippen LogP) is 3.36. The van der Waals surface area contributed by atoms with Crippen molar-refractivity contribution in [3.05, 3.63) is 21.9 Å². The largest absolute Gasteiger partial charge is 0.481 e. The van der Waals surface area contributed by atoms with E-state index in [1.54, 1.807) is 0 Å². The second-order valence-electron chi connectivity index (χ2n) is 5.81. The zero-order valence-corrected chi connectivity index (χ0v) is 11.9. The number of nitrogens with one attached hydrogen (secondary N) is 1. The summed E-state index contributed by atoms with van der Waals surface area (Å²) in [5.74, 6) is -0.761. The third-order valence-corrected chi connectivity index (χ3v) is 5.51. The molecule has 3 nitrogen and oxygen atoms in total. The van der Waals surface area contributed by atoms with Gasteiger partial charge in [-0.3, -0.25) is 4.79 Å². The van der Waals surface area contributed by atoms with Crippen LogP contribution in [0.15, 0.2) is 11.4 Å². The van der Waals surface area contributed by atoms with E-state index in [2.05, 4.69) is 16.8 Å². The first kappa shape index (κ1) is 13.1. The molecule has 0 saturated heterocycles. The van der Waals surface area contributed by atoms with Gasteiger partial charge in [0.1, 0.15) is 0 Å². The van der Waals surface area contributed by atoms with Crippen molar-refractivity contribution in [2.45, 2.75) is 57.0 Å². The van der Waals surface area contributed by atoms with Crippen LogP contribution >= 0.6 is 11.3 Å². The predicted molar refractivity (Wildman–Crippen MR) is 76.5 cm³/mol. The number of rotatable bonds is 3. The molecule has 1 aromatic heterocycles. The van der Waals surface area contributed by atoms with E-state index in [1.165, 1.54) is 29.7 Å². The van der Waals surface area contributed by atoms with Crippen LogP contribution < -0.4 is 5.32 Å². The van der Waals surface area contributed by atoms with E-state index in [0.29, 0.717) is 12.1 Å². The van der Waals surface area contributed by atoms with Gasteiger partial charge in [0.25, 0.3) is 0 Å². The molecule has 2 N–H and O–H groups in total. The molecule has 3 unspecified atom stereocenters. The van der Waals surface area contributed by atoms with Gasteiger partial charge < -0.3 is 10.4 Å². The minimum absolute atomic E-state index is 0.142. The van der Waals surface area contributed by atoms with Crippen molar-refractivity contribution in [3.8, 4) is 0 Å². The van der Waals surface area contributed by atoms with E-state index in [4.69, 9.17) is 5.11 Å². The molecule has 0 aliphatic heterocycles. The molecule has 0 aromatic carbocycles. The zero-order chi connectivity index (χ0) is 13.2. The van der Waals surface area contributed by atoms with Gasteiger partial charge in [-0.2, -0.15) is 0 Å². The fourth-order valence-corrected chi connectivity index (χ4v) is 4.50. The molecule has 104 valence electrons. The number of carboxylic acids is 1. The summed E-state index contributed by atoms with van der Waals surface area (Å²) in [4.78, 5) is 12.6. The van der Waals surface area contributed by atoms with Gasteiger partial charge >= 0.3 is 5.97 Å². The molecule has 2 aliphatic carbocycles. The van der Waals surface area contributed by atoms with Crippen molar-refractivity contribution in [1.82, 2.24) is 5.32 Å². The molecule has 1 aromatic rings. The lowest BCUT2D eigenvalue weighted by Crippen LogP contribution is -2.39. The van der Waals surface area contributed by atoms with Gasteiger partial charge in [0.2, 0.25) is 0 Å². The number of aryl methyl sites for hydroxylation is 1. The normalized spacial score (nSPS) is 30.8. The van der Waals surface area contributed by atoms with E-state index in [1.807, 2.05) is 11.3 Å². The highest BCUT2D eigenvalue weighted by Gasteiger charge is 2.30. The lowest BCUT2D eigenvalue weighted by Gasteiger charge is -2.33. The molecule has 0 bridgehead atoms. The summed E-state index contributed by atoms with van der Waals surface area (Å²) >= 11 is 1.86. The lowest BCUT2D eigenvalue weighted by atomic mass is 9.84. The van der Waals surface area contributed by atoms with Gasteiger partial charge in [-0.1, -0.05) is 6.42 Å². The average Bonchev–Trinajstić information content (AvgIpc) is 2.88. The van der Waals surface area contributed by atoms with Gasteiger partial charge in [0, 0.05) is 17.0 Å². The van der Waals surface area contributed by atoms with E-state index in [-0.39, 0.29) is 5.92 Å². The van der Waals surface area contributed by atoms with Crippen LogP contribution in [0.5, 0.6) is 0 Å². The molecular weight excluding hydrogens is 258 g/mol. The Bertz CT molecular complexity index is 457. The fraction of sp³-hybridized carbons (Fsp3) is 0.667. The monoisotopic (exact) mass is 279 g/mol. The number of carbonyl (C=O) groups is 1. The first-order chi connectivity index (χ1) is 9.24. The highest BCUT2D eigenvalue weighted by Crippen LogP contribution is 2.35. The molecule has 3 atom stereocenters. The highest BCUT2D eigenvalue weighted by atomic mass is 32.1. The first-order valence-corrected chi connectivity index (χ1v) is 8.17. The van der Waals surface area contributed by atoms with Gasteiger partial charge in [-0.15, -0.1) is 11.3 Å². The van der Waals surface area contributed by atoms with Crippen LogP contribution in [-0.4, -0.2) is 17.1 Å². The van der Waals surface area contributed by atoms with Crippen molar-refractivity contribution < 1.29 is 9.90 Å². The molecule has 0 spiro atoms. The zero-order valence-electron chi connectivity index (χ0n) is 11.1. The number of hydrogen-bond acceptors (Lipinski definition) is 3. The standard InChI is InChI=1S/C15H21NO2S/c17-15(18)10-3-1-4-11(9-10)16-13-5-2-6-14-12(13)7-8-19-14/h7-8,10-11,13,16H,1-6,9H2,(H,17,18). The average molecular weight is 279 g/mol. The van der Waals surface area contributed by atoms with Crippen LogP contribution in [-0.2, 0) is 11.2 Å². The van der Waals surface area contributed by atoms with Crippen molar-refractivity contribution in [2.24, 2.45) is 5.92 Å². The van der Waals surface area contributed by atoms with Crippen LogP contribution in [0.3, 0.4) is 0 Å². The van der Waals surface area contributed by atoms with Crippen molar-refractivity contribution in [2.75, 3.05) is 0 Å². The second kappa shape index (κ2) is 5.63. The molecule has 4 heteroatoms. The summed E-state index contributed by atoms with van der Waals surface area (Å²) in [6.07, 6.45) is 7.47. The Kier molecular flexibility index (Phi) is 3.89. The van der Waals surface area contributed by atoms with Gasteiger partial charge in [0.05, 0.1) is 5.92 Å². The third-order valence-electron chi connectivity index (χ3n) is 4.51. The Labute approximate surface area is 118 Å². The number of aliphatic carboxylic acids is 1. The smallest absolute Gasteiger partial charge is 0.306 e. The first-order valence-electron chi connectivity index (χ1n) is 7.29. The summed E-state index contributed by atoms with van der Waals surface area (Å²) < 4.78 is 0. The number of hydrogen-bond donors (Lipinski definition) is 2. The summed E-state index contributed by atoms with van der Waals surface area (Å²) in [6, 6.07) is 3.08. The van der Waals surface area contributed by atoms with Crippen molar-refractivity contribution >= 4 is 17.3 Å². The van der Waals surface area contributed by atoms with E-state index < -0.39 is 5.97 Å². The molecular formula is C15H21NO2S. The molecule has 1 fully saturated rings. The maximum atomic E-state index is 11.1. The van der Waals surface area contributed by atoms with Crippen LogP contribution in [0, 0.1) is 5.92 Å². The minimum Gasteiger partial charge on any atom is -0.481 e. The van der Waals surface area contributed by atoms with E-state index in [0.717, 1.165) is 25.7 Å². The van der Waals surface area contributed by atoms with Crippen LogP contribution in [0.1, 0.15) is 55.0 Å². The second-order valence-corrected chi connectivity index (χ2v) is 6.81. The Hall–Kier alpha value is -0.870. The van der Waals surface area contributed by atoms with Crippen LogP contribution in [0.25, 0.3) is 0 Å². The fourth-order valence-electron chi connectivity index (χ4n) is 3.51. The maximum absolute atomic E-state index is 11.1. The molecule has 0 amide bonds. The van der Waals surface area contributed by atoms with Crippen molar-refractivity contribution in [3.63, 3.8) is 0 Å². The Morgan fingerprint density at radius 1 is 1.32 bits per heavy atom. The lowest BCUT2D eigenvalue weighted by molar-refractivity contribution is -0.143. The topological polar surface area (TPSA) is 49.3 Å². The Morgan fingerprint density at radius 2 is 2.21 bits per heavy atom. The molecule has 19 heavy (non-hydrogen) atoms. The molecule has 1 heterocycles. The summed E-state index contributed by atoms with van der Waals surface area (Å²) in [5, 5.41) is 15.1. The van der Waals surface area contributed by atoms with Crippen LogP contribution in [0.2, 0.25) is 0 Å². The molecule has 0 radical (unpaired) electrons. The van der Waals surface area contributed by atoms with Gasteiger partial charge in [0.15, 0.2) is 0 Å². The summed E-state index contributed by atoms with van der Waals surface area (Å²) in [7, 11) is 0. The van der Waals surface area contributed by atoms with E-state index >= 15 is 0 Å². The third kappa shape index (κ3) is 2.84. The molecule has 3 rings (SSSR count). The Balaban J connectivity index is 1.65. The highest BCUT2D eigenvalue weighted by molar-refractivity contribution is 7.10.